The summed E-state index contributed by atoms with van der Waals surface area (Å²) >= 11 is 0. The number of hydrogen-bond donors (Lipinski definition) is 4. The molecule has 8 heteroatoms. The van der Waals surface area contributed by atoms with Crippen molar-refractivity contribution >= 4 is 32.3 Å². The van der Waals surface area contributed by atoms with Crippen LogP contribution >= 0.6 is 0 Å². The number of nitrogens with one attached hydrogen (secondary N) is 1. The number of ether oxygens (including phenoxy) is 1. The predicted octanol–water partition coefficient (Wildman–Crippen LogP) is 1.73. The molecule has 0 bridgehead atoms. The minimum atomic E-state index is -1.35. The van der Waals surface area contributed by atoms with Crippen molar-refractivity contribution in [3.05, 3.63) is 93.8 Å². The van der Waals surface area contributed by atoms with Gasteiger partial charge in [-0.05, 0) is 32.3 Å². The molecule has 8 nitrogen and oxygen atoms in total. The summed E-state index contributed by atoms with van der Waals surface area (Å²) in [6.45, 7) is -0.479. The highest BCUT2D eigenvalue weighted by Gasteiger charge is 2.43. The summed E-state index contributed by atoms with van der Waals surface area (Å²) in [5, 5.41) is 36.2. The van der Waals surface area contributed by atoms with Crippen LogP contribution < -0.4 is 11.2 Å². The van der Waals surface area contributed by atoms with Crippen molar-refractivity contribution in [2.24, 2.45) is 0 Å². The molecule has 5 aromatic rings. The van der Waals surface area contributed by atoms with Crippen molar-refractivity contribution in [2.75, 3.05) is 6.61 Å². The monoisotopic (exact) mass is 446 g/mol. The van der Waals surface area contributed by atoms with Gasteiger partial charge in [-0.2, -0.15) is 0 Å². The number of nitrogens with zero attached hydrogens (tertiary/aromatic N) is 1. The van der Waals surface area contributed by atoms with Crippen LogP contribution in [0.5, 0.6) is 0 Å². The van der Waals surface area contributed by atoms with Gasteiger partial charge in [0, 0.05) is 12.3 Å². The molecule has 4 aromatic carbocycles. The Morgan fingerprint density at radius 1 is 0.788 bits per heavy atom. The smallest absolute Gasteiger partial charge is 0.330 e. The third-order valence-electron chi connectivity index (χ3n) is 6.04. The minimum Gasteiger partial charge on any atom is -0.394 e. The second kappa shape index (κ2) is 8.42. The molecule has 0 saturated carbocycles. The van der Waals surface area contributed by atoms with Crippen molar-refractivity contribution in [2.45, 2.75) is 24.5 Å². The highest BCUT2D eigenvalue weighted by molar-refractivity contribution is 6.22. The summed E-state index contributed by atoms with van der Waals surface area (Å²) in [4.78, 5) is 24.3. The Morgan fingerprint density at radius 3 is 1.73 bits per heavy atom. The van der Waals surface area contributed by atoms with E-state index in [9.17, 15) is 19.8 Å². The van der Waals surface area contributed by atoms with Crippen LogP contribution in [0.4, 0.5) is 0 Å². The SMILES string of the molecule is O=c1ccn([C@@H]2O[C@H](CO)[C@@H](O)[C@H]2O)c(=O)[nH]1.c1cc2ccc3cccc4ccc(c1)c2c34. The molecule has 6 rings (SSSR count). The molecule has 33 heavy (non-hydrogen) atoms. The molecule has 1 aliphatic heterocycles. The fourth-order valence-corrected chi connectivity index (χ4v) is 4.41. The normalized spacial score (nSPS) is 22.6. The van der Waals surface area contributed by atoms with Gasteiger partial charge in [0.2, 0.25) is 0 Å². The van der Waals surface area contributed by atoms with E-state index >= 15 is 0 Å². The van der Waals surface area contributed by atoms with Crippen molar-refractivity contribution in [1.29, 1.82) is 0 Å². The molecule has 1 saturated heterocycles. The summed E-state index contributed by atoms with van der Waals surface area (Å²) in [5.41, 5.74) is -1.33. The van der Waals surface area contributed by atoms with Crippen LogP contribution in [0.3, 0.4) is 0 Å². The molecular formula is C25H22N2O6. The van der Waals surface area contributed by atoms with E-state index in [1.54, 1.807) is 0 Å². The van der Waals surface area contributed by atoms with Crippen LogP contribution in [0.2, 0.25) is 0 Å². The number of aromatic nitrogens is 2. The van der Waals surface area contributed by atoms with E-state index in [1.807, 2.05) is 4.98 Å². The molecule has 0 spiro atoms. The van der Waals surface area contributed by atoms with E-state index in [1.165, 1.54) is 32.3 Å². The van der Waals surface area contributed by atoms with Gasteiger partial charge in [-0.1, -0.05) is 60.7 Å². The van der Waals surface area contributed by atoms with E-state index in [2.05, 4.69) is 60.7 Å². The van der Waals surface area contributed by atoms with Crippen molar-refractivity contribution < 1.29 is 20.1 Å². The lowest BCUT2D eigenvalue weighted by atomic mass is 9.95. The number of benzene rings is 4. The Balaban J connectivity index is 0.000000138. The minimum absolute atomic E-state index is 0.479. The molecule has 0 amide bonds. The van der Waals surface area contributed by atoms with Crippen LogP contribution in [0.15, 0.2) is 82.5 Å². The van der Waals surface area contributed by atoms with Crippen LogP contribution in [0.1, 0.15) is 6.23 Å². The first-order valence-corrected chi connectivity index (χ1v) is 10.5. The summed E-state index contributed by atoms with van der Waals surface area (Å²) in [5.74, 6) is 0. The number of hydrogen-bond acceptors (Lipinski definition) is 6. The molecule has 1 fully saturated rings. The lowest BCUT2D eigenvalue weighted by molar-refractivity contribution is -0.0550. The maximum atomic E-state index is 11.4. The predicted molar refractivity (Wildman–Crippen MR) is 124 cm³/mol. The Bertz CT molecular complexity index is 1410. The number of H-pyrrole nitrogens is 1. The standard InChI is InChI=1S/C16H10.C9H12N2O6/c1-3-11-7-9-13-5-2-6-14-10-8-12(4-1)15(11)16(13)14;12-3-4-6(14)7(15)8(17-4)11-2-1-5(13)10-9(11)16/h1-10H;1-2,4,6-8,12,14-15H,3H2,(H,10,13,16)/t;4-,6-,7-,8-/m.1/s1. The lowest BCUT2D eigenvalue weighted by Crippen LogP contribution is -2.37. The van der Waals surface area contributed by atoms with Gasteiger partial charge in [0.05, 0.1) is 6.61 Å². The number of aliphatic hydroxyl groups is 3. The summed E-state index contributed by atoms with van der Waals surface area (Å²) in [6.07, 6.45) is -3.58. The average Bonchev–Trinajstić information content (AvgIpc) is 3.12. The van der Waals surface area contributed by atoms with Crippen LogP contribution in [0, 0.1) is 0 Å². The molecule has 0 aliphatic carbocycles. The molecule has 4 atom stereocenters. The molecule has 1 aromatic heterocycles. The van der Waals surface area contributed by atoms with Gasteiger partial charge >= 0.3 is 5.69 Å². The second-order valence-electron chi connectivity index (χ2n) is 8.04. The Labute approximate surface area is 187 Å². The Kier molecular flexibility index (Phi) is 5.43. The van der Waals surface area contributed by atoms with Crippen molar-refractivity contribution in [3.63, 3.8) is 0 Å². The van der Waals surface area contributed by atoms with E-state index in [0.29, 0.717) is 0 Å². The van der Waals surface area contributed by atoms with E-state index in [0.717, 1.165) is 16.8 Å². The Morgan fingerprint density at radius 2 is 1.30 bits per heavy atom. The van der Waals surface area contributed by atoms with Gasteiger partial charge in [-0.15, -0.1) is 0 Å². The van der Waals surface area contributed by atoms with Crippen molar-refractivity contribution in [1.82, 2.24) is 9.55 Å². The Hall–Kier alpha value is -3.56. The summed E-state index contributed by atoms with van der Waals surface area (Å²) in [7, 11) is 0. The van der Waals surface area contributed by atoms with Gasteiger partial charge in [0.1, 0.15) is 18.3 Å². The molecule has 1 aliphatic rings. The van der Waals surface area contributed by atoms with E-state index in [-0.39, 0.29) is 0 Å². The van der Waals surface area contributed by atoms with E-state index < -0.39 is 42.4 Å². The van der Waals surface area contributed by atoms with Crippen LogP contribution in [-0.4, -0.2) is 49.8 Å². The molecule has 168 valence electrons. The number of aromatic amines is 1. The van der Waals surface area contributed by atoms with Gasteiger partial charge < -0.3 is 20.1 Å². The number of rotatable bonds is 2. The maximum Gasteiger partial charge on any atom is 0.330 e. The van der Waals surface area contributed by atoms with E-state index in [4.69, 9.17) is 9.84 Å². The number of aliphatic hydroxyl groups excluding tert-OH is 3. The molecule has 4 N–H and O–H groups in total. The third-order valence-corrected chi connectivity index (χ3v) is 6.04. The van der Waals surface area contributed by atoms with Crippen molar-refractivity contribution in [3.8, 4) is 0 Å². The highest BCUT2D eigenvalue weighted by Crippen LogP contribution is 2.33. The lowest BCUT2D eigenvalue weighted by Gasteiger charge is -2.16. The van der Waals surface area contributed by atoms with Gasteiger partial charge in [0.25, 0.3) is 5.56 Å². The zero-order valence-corrected chi connectivity index (χ0v) is 17.5. The quantitative estimate of drug-likeness (QED) is 0.306. The van der Waals surface area contributed by atoms with Gasteiger partial charge in [0.15, 0.2) is 6.23 Å². The zero-order valence-electron chi connectivity index (χ0n) is 17.5. The summed E-state index contributed by atoms with van der Waals surface area (Å²) < 4.78 is 6.08. The first-order valence-electron chi connectivity index (χ1n) is 10.5. The average molecular weight is 446 g/mol. The first-order chi connectivity index (χ1) is 16.0. The van der Waals surface area contributed by atoms with Gasteiger partial charge in [-0.3, -0.25) is 14.3 Å². The topological polar surface area (TPSA) is 125 Å². The fourth-order valence-electron chi connectivity index (χ4n) is 4.41. The second-order valence-corrected chi connectivity index (χ2v) is 8.04. The molecule has 0 radical (unpaired) electrons. The summed E-state index contributed by atoms with van der Waals surface area (Å²) in [6, 6.07) is 23.0. The molecule has 0 unspecified atom stereocenters. The molecular weight excluding hydrogens is 424 g/mol. The third kappa shape index (κ3) is 3.69. The molecule has 2 heterocycles. The van der Waals surface area contributed by atoms with Crippen LogP contribution in [0.25, 0.3) is 32.3 Å². The fraction of sp³-hybridized carbons (Fsp3) is 0.200. The van der Waals surface area contributed by atoms with Crippen LogP contribution in [-0.2, 0) is 4.74 Å². The zero-order chi connectivity index (χ0) is 23.1. The largest absolute Gasteiger partial charge is 0.394 e. The maximum absolute atomic E-state index is 11.4. The first kappa shape index (κ1) is 21.3. The highest BCUT2D eigenvalue weighted by atomic mass is 16.6. The van der Waals surface area contributed by atoms with Gasteiger partial charge in [-0.25, -0.2) is 4.79 Å².